The van der Waals surface area contributed by atoms with Crippen LogP contribution in [0.2, 0.25) is 5.02 Å². The Morgan fingerprint density at radius 2 is 1.82 bits per heavy atom. The van der Waals surface area contributed by atoms with Crippen molar-refractivity contribution in [1.29, 1.82) is 0 Å². The number of nitrogens with zero attached hydrogens (tertiary/aromatic N) is 3. The minimum atomic E-state index is -0.000852. The fourth-order valence-corrected chi connectivity index (χ4v) is 5.33. The number of aromatic nitrogens is 3. The summed E-state index contributed by atoms with van der Waals surface area (Å²) in [5.74, 6) is 0.984. The lowest BCUT2D eigenvalue weighted by molar-refractivity contribution is -0.119. The van der Waals surface area contributed by atoms with Gasteiger partial charge in [0, 0.05) is 10.6 Å². The van der Waals surface area contributed by atoms with Gasteiger partial charge in [0.05, 0.1) is 17.5 Å². The summed E-state index contributed by atoms with van der Waals surface area (Å²) in [7, 11) is 0. The molecule has 1 unspecified atom stereocenters. The van der Waals surface area contributed by atoms with E-state index in [2.05, 4.69) is 46.7 Å². The topological polar surface area (TPSA) is 59.8 Å². The van der Waals surface area contributed by atoms with Crippen molar-refractivity contribution in [2.24, 2.45) is 0 Å². The second-order valence-electron chi connectivity index (χ2n) is 8.43. The molecule has 4 aromatic rings. The maximum absolute atomic E-state index is 12.9. The molecule has 1 N–H and O–H groups in total. The molecule has 0 saturated carbocycles. The first-order chi connectivity index (χ1) is 16.6. The van der Waals surface area contributed by atoms with Gasteiger partial charge in [-0.1, -0.05) is 65.8 Å². The van der Waals surface area contributed by atoms with E-state index in [0.717, 1.165) is 41.9 Å². The molecule has 1 heterocycles. The predicted octanol–water partition coefficient (Wildman–Crippen LogP) is 6.18. The van der Waals surface area contributed by atoms with E-state index in [9.17, 15) is 4.79 Å². The first kappa shape index (κ1) is 22.7. The van der Waals surface area contributed by atoms with Gasteiger partial charge in [0.1, 0.15) is 0 Å². The van der Waals surface area contributed by atoms with Crippen molar-refractivity contribution in [2.45, 2.75) is 37.4 Å². The zero-order chi connectivity index (χ0) is 23.5. The number of nitrogens with one attached hydrogen (secondary N) is 1. The molecular formula is C27H25ClN4OS. The highest BCUT2D eigenvalue weighted by Gasteiger charge is 2.23. The van der Waals surface area contributed by atoms with Crippen LogP contribution in [0.15, 0.2) is 78.0 Å². The third kappa shape index (κ3) is 4.74. The Morgan fingerprint density at radius 1 is 1.06 bits per heavy atom. The quantitative estimate of drug-likeness (QED) is 0.329. The maximum atomic E-state index is 12.9. The number of carbonyl (C=O) groups excluding carboxylic acids is 1. The van der Waals surface area contributed by atoms with Gasteiger partial charge >= 0.3 is 0 Å². The Balaban J connectivity index is 1.38. The number of aryl methyl sites for hydroxylation is 2. The summed E-state index contributed by atoms with van der Waals surface area (Å²) in [6.07, 6.45) is 3.12. The van der Waals surface area contributed by atoms with Gasteiger partial charge in [-0.2, -0.15) is 0 Å². The Bertz CT molecular complexity index is 1320. The number of halogens is 1. The molecule has 1 amide bonds. The molecule has 0 radical (unpaired) electrons. The first-order valence-electron chi connectivity index (χ1n) is 11.4. The van der Waals surface area contributed by atoms with Gasteiger partial charge in [0.15, 0.2) is 11.0 Å². The zero-order valence-electron chi connectivity index (χ0n) is 18.9. The SMILES string of the molecule is Cc1ccccc1-n1c(SCC(=O)NC2CCCc3ccccc32)nnc1-c1ccc(Cl)cc1. The number of carbonyl (C=O) groups is 1. The Kier molecular flexibility index (Phi) is 6.70. The van der Waals surface area contributed by atoms with Crippen molar-refractivity contribution < 1.29 is 4.79 Å². The molecule has 5 rings (SSSR count). The molecule has 1 aromatic heterocycles. The standard InChI is InChI=1S/C27H25ClN4OS/c1-18-7-2-5-12-24(18)32-26(20-13-15-21(28)16-14-20)30-31-27(32)34-17-25(33)29-23-11-6-9-19-8-3-4-10-22(19)23/h2-5,7-8,10,12-16,23H,6,9,11,17H2,1H3,(H,29,33). The minimum absolute atomic E-state index is 0.000852. The highest BCUT2D eigenvalue weighted by molar-refractivity contribution is 7.99. The van der Waals surface area contributed by atoms with Crippen LogP contribution in [0.4, 0.5) is 0 Å². The van der Waals surface area contributed by atoms with Crippen LogP contribution in [0.5, 0.6) is 0 Å². The van der Waals surface area contributed by atoms with Crippen LogP contribution < -0.4 is 5.32 Å². The molecule has 34 heavy (non-hydrogen) atoms. The number of hydrogen-bond acceptors (Lipinski definition) is 4. The van der Waals surface area contributed by atoms with Crippen molar-refractivity contribution >= 4 is 29.3 Å². The number of hydrogen-bond donors (Lipinski definition) is 1. The van der Waals surface area contributed by atoms with Gasteiger partial charge in [-0.25, -0.2) is 0 Å². The lowest BCUT2D eigenvalue weighted by Crippen LogP contribution is -2.32. The van der Waals surface area contributed by atoms with Crippen molar-refractivity contribution in [3.05, 3.63) is 94.5 Å². The molecule has 0 aliphatic heterocycles. The fourth-order valence-electron chi connectivity index (χ4n) is 4.45. The van der Waals surface area contributed by atoms with E-state index in [4.69, 9.17) is 11.6 Å². The molecular weight excluding hydrogens is 464 g/mol. The molecule has 0 bridgehead atoms. The van der Waals surface area contributed by atoms with Crippen molar-refractivity contribution in [2.75, 3.05) is 5.75 Å². The summed E-state index contributed by atoms with van der Waals surface area (Å²) >= 11 is 7.49. The van der Waals surface area contributed by atoms with Crippen LogP contribution in [0.1, 0.15) is 35.6 Å². The second kappa shape index (κ2) is 10.0. The van der Waals surface area contributed by atoms with Crippen LogP contribution in [-0.4, -0.2) is 26.4 Å². The van der Waals surface area contributed by atoms with Crippen molar-refractivity contribution in [1.82, 2.24) is 20.1 Å². The Hall–Kier alpha value is -3.09. The van der Waals surface area contributed by atoms with Crippen LogP contribution in [0, 0.1) is 6.92 Å². The number of benzene rings is 3. The van der Waals surface area contributed by atoms with Crippen LogP contribution in [0.3, 0.4) is 0 Å². The largest absolute Gasteiger partial charge is 0.349 e. The molecule has 1 atom stereocenters. The molecule has 0 spiro atoms. The predicted molar refractivity (Wildman–Crippen MR) is 138 cm³/mol. The van der Waals surface area contributed by atoms with Gasteiger partial charge in [0.2, 0.25) is 5.91 Å². The summed E-state index contributed by atoms with van der Waals surface area (Å²) < 4.78 is 2.02. The van der Waals surface area contributed by atoms with E-state index in [1.807, 2.05) is 53.1 Å². The number of thioether (sulfide) groups is 1. The minimum Gasteiger partial charge on any atom is -0.349 e. The molecule has 5 nitrogen and oxygen atoms in total. The van der Waals surface area contributed by atoms with E-state index in [-0.39, 0.29) is 17.7 Å². The first-order valence-corrected chi connectivity index (χ1v) is 12.7. The summed E-state index contributed by atoms with van der Waals surface area (Å²) in [6.45, 7) is 2.06. The average Bonchev–Trinajstić information content (AvgIpc) is 3.27. The normalized spacial score (nSPS) is 15.1. The number of fused-ring (bicyclic) bond motifs is 1. The molecule has 1 aliphatic rings. The summed E-state index contributed by atoms with van der Waals surface area (Å²) in [4.78, 5) is 12.9. The number of rotatable bonds is 6. The molecule has 172 valence electrons. The van der Waals surface area contributed by atoms with Gasteiger partial charge in [0.25, 0.3) is 0 Å². The third-order valence-electron chi connectivity index (χ3n) is 6.13. The van der Waals surface area contributed by atoms with Gasteiger partial charge < -0.3 is 5.32 Å². The lowest BCUT2D eigenvalue weighted by Gasteiger charge is -2.26. The Morgan fingerprint density at radius 3 is 2.65 bits per heavy atom. The van der Waals surface area contributed by atoms with E-state index < -0.39 is 0 Å². The average molecular weight is 489 g/mol. The van der Waals surface area contributed by atoms with E-state index in [0.29, 0.717) is 10.2 Å². The third-order valence-corrected chi connectivity index (χ3v) is 7.31. The monoisotopic (exact) mass is 488 g/mol. The number of para-hydroxylation sites is 1. The van der Waals surface area contributed by atoms with E-state index >= 15 is 0 Å². The maximum Gasteiger partial charge on any atom is 0.230 e. The molecule has 1 aliphatic carbocycles. The summed E-state index contributed by atoms with van der Waals surface area (Å²) in [6, 6.07) is 24.1. The molecule has 7 heteroatoms. The fraction of sp³-hybridized carbons (Fsp3) is 0.222. The van der Waals surface area contributed by atoms with E-state index in [1.165, 1.54) is 22.9 Å². The Labute approximate surface area is 208 Å². The van der Waals surface area contributed by atoms with Crippen LogP contribution in [0.25, 0.3) is 17.1 Å². The van der Waals surface area contributed by atoms with E-state index in [1.54, 1.807) is 0 Å². The smallest absolute Gasteiger partial charge is 0.230 e. The van der Waals surface area contributed by atoms with Crippen molar-refractivity contribution in [3.8, 4) is 17.1 Å². The second-order valence-corrected chi connectivity index (χ2v) is 9.81. The van der Waals surface area contributed by atoms with Crippen LogP contribution >= 0.6 is 23.4 Å². The molecule has 0 fully saturated rings. The van der Waals surface area contributed by atoms with Gasteiger partial charge in [-0.15, -0.1) is 10.2 Å². The molecule has 0 saturated heterocycles. The van der Waals surface area contributed by atoms with Gasteiger partial charge in [-0.05, 0) is 73.2 Å². The molecule has 3 aromatic carbocycles. The van der Waals surface area contributed by atoms with Gasteiger partial charge in [-0.3, -0.25) is 9.36 Å². The van der Waals surface area contributed by atoms with Crippen LogP contribution in [-0.2, 0) is 11.2 Å². The number of amides is 1. The summed E-state index contributed by atoms with van der Waals surface area (Å²) in [5.41, 5.74) is 5.57. The summed E-state index contributed by atoms with van der Waals surface area (Å²) in [5, 5.41) is 13.5. The highest BCUT2D eigenvalue weighted by Crippen LogP contribution is 2.32. The van der Waals surface area contributed by atoms with Crippen molar-refractivity contribution in [3.63, 3.8) is 0 Å². The zero-order valence-corrected chi connectivity index (χ0v) is 20.4. The highest BCUT2D eigenvalue weighted by atomic mass is 35.5. The lowest BCUT2D eigenvalue weighted by atomic mass is 9.88.